The summed E-state index contributed by atoms with van der Waals surface area (Å²) < 4.78 is 71.7. The largest absolute Gasteiger partial charge is 0.447 e. The van der Waals surface area contributed by atoms with Gasteiger partial charge in [0.1, 0.15) is 17.2 Å². The molecule has 0 aliphatic carbocycles. The average molecular weight is 716 g/mol. The molecule has 3 aromatic rings. The number of rotatable bonds is 10. The maximum Gasteiger partial charge on any atom is 0.416 e. The van der Waals surface area contributed by atoms with Gasteiger partial charge < -0.3 is 19.2 Å². The number of anilines is 1. The smallest absolute Gasteiger partial charge is 0.416 e. The zero-order valence-corrected chi connectivity index (χ0v) is 29.3. The zero-order valence-electron chi connectivity index (χ0n) is 27.5. The number of hydrogen-bond donors (Lipinski definition) is 2. The maximum atomic E-state index is 14.1. The molecule has 0 radical (unpaired) electrons. The van der Waals surface area contributed by atoms with Gasteiger partial charge in [0.25, 0.3) is 0 Å². The number of ether oxygens (including phenoxy) is 2. The number of alkyl carbamates (subject to hydrolysis) is 1. The first kappa shape index (κ1) is 38.3. The number of carbonyl (C=O) groups is 2. The fraction of sp³-hybridized carbons (Fsp3) is 0.467. The third kappa shape index (κ3) is 10.4. The minimum Gasteiger partial charge on any atom is -0.447 e. The molecule has 1 heterocycles. The first-order valence-electron chi connectivity index (χ1n) is 14.5. The lowest BCUT2D eigenvalue weighted by Gasteiger charge is -2.41. The van der Waals surface area contributed by atoms with Crippen molar-refractivity contribution in [2.24, 2.45) is 0 Å². The molecule has 0 bridgehead atoms. The molecule has 262 valence electrons. The first-order valence-corrected chi connectivity index (χ1v) is 18.3. The number of nitrogens with one attached hydrogen (secondary N) is 2. The predicted octanol–water partition coefficient (Wildman–Crippen LogP) is 8.48. The van der Waals surface area contributed by atoms with Crippen molar-refractivity contribution in [3.05, 3.63) is 69.5 Å². The SMILES string of the molecule is CC(C)(C)OC(=O)N[C@H](COC(=O)Nc1nnc(-c2ccc([N+](=O)[O-])c(F)c2)s1)[C@@H](O[Si](C)(C)C(C)(C)C)c1ccc(C(F)(F)F)cc1. The van der Waals surface area contributed by atoms with E-state index < -0.39 is 73.0 Å². The molecule has 1 aromatic heterocycles. The highest BCUT2D eigenvalue weighted by atomic mass is 32.1. The summed E-state index contributed by atoms with van der Waals surface area (Å²) in [7, 11) is -2.67. The van der Waals surface area contributed by atoms with E-state index >= 15 is 0 Å². The number of amides is 2. The van der Waals surface area contributed by atoms with Crippen LogP contribution in [0.5, 0.6) is 0 Å². The summed E-state index contributed by atoms with van der Waals surface area (Å²) in [5.74, 6) is -1.08. The number of halogens is 4. The van der Waals surface area contributed by atoms with E-state index in [0.717, 1.165) is 35.6 Å². The van der Waals surface area contributed by atoms with Crippen LogP contribution in [0.2, 0.25) is 18.1 Å². The Labute approximate surface area is 279 Å². The zero-order chi connectivity index (χ0) is 36.2. The van der Waals surface area contributed by atoms with Gasteiger partial charge in [-0.3, -0.25) is 15.4 Å². The lowest BCUT2D eigenvalue weighted by molar-refractivity contribution is -0.387. The molecule has 12 nitrogen and oxygen atoms in total. The number of benzene rings is 2. The Morgan fingerprint density at radius 1 is 1.00 bits per heavy atom. The quantitative estimate of drug-likeness (QED) is 0.0910. The van der Waals surface area contributed by atoms with E-state index in [1.54, 1.807) is 20.8 Å². The van der Waals surface area contributed by atoms with Gasteiger partial charge in [-0.2, -0.15) is 17.6 Å². The number of nitro groups is 1. The van der Waals surface area contributed by atoms with E-state index in [-0.39, 0.29) is 20.7 Å². The summed E-state index contributed by atoms with van der Waals surface area (Å²) >= 11 is 0.834. The van der Waals surface area contributed by atoms with Crippen LogP contribution >= 0.6 is 11.3 Å². The van der Waals surface area contributed by atoms with Crippen LogP contribution in [0.25, 0.3) is 10.6 Å². The maximum absolute atomic E-state index is 14.1. The van der Waals surface area contributed by atoms with Crippen LogP contribution in [-0.2, 0) is 20.1 Å². The summed E-state index contributed by atoms with van der Waals surface area (Å²) in [5.41, 5.74) is -2.02. The van der Waals surface area contributed by atoms with E-state index in [0.29, 0.717) is 5.56 Å². The monoisotopic (exact) mass is 715 g/mol. The average Bonchev–Trinajstić information content (AvgIpc) is 3.40. The van der Waals surface area contributed by atoms with E-state index in [4.69, 9.17) is 13.9 Å². The Morgan fingerprint density at radius 2 is 1.62 bits per heavy atom. The minimum atomic E-state index is -4.58. The van der Waals surface area contributed by atoms with Gasteiger partial charge in [-0.25, -0.2) is 9.59 Å². The molecule has 0 saturated carbocycles. The van der Waals surface area contributed by atoms with Gasteiger partial charge in [-0.15, -0.1) is 10.2 Å². The molecule has 18 heteroatoms. The van der Waals surface area contributed by atoms with Crippen molar-refractivity contribution in [3.63, 3.8) is 0 Å². The van der Waals surface area contributed by atoms with E-state index in [1.165, 1.54) is 18.2 Å². The Bertz CT molecular complexity index is 1620. The van der Waals surface area contributed by atoms with Crippen LogP contribution in [0, 0.1) is 15.9 Å². The van der Waals surface area contributed by atoms with E-state index in [1.807, 2.05) is 33.9 Å². The van der Waals surface area contributed by atoms with Crippen LogP contribution in [0.4, 0.5) is 38.0 Å². The second-order valence-electron chi connectivity index (χ2n) is 13.2. The molecule has 0 unspecified atom stereocenters. The van der Waals surface area contributed by atoms with Crippen molar-refractivity contribution in [3.8, 4) is 10.6 Å². The first-order chi connectivity index (χ1) is 22.0. The molecule has 0 aliphatic rings. The highest BCUT2D eigenvalue weighted by Gasteiger charge is 2.42. The predicted molar refractivity (Wildman–Crippen MR) is 173 cm³/mol. The molecule has 0 saturated heterocycles. The Balaban J connectivity index is 1.89. The fourth-order valence-corrected chi connectivity index (χ4v) is 5.88. The molecular weight excluding hydrogens is 679 g/mol. The standard InChI is InChI=1S/C30H37F4N5O7SSi/c1-28(2,3)45-27(41)35-21(23(46-48(7,8)29(4,5)6)17-9-12-19(13-10-17)30(32,33)34)16-44-26(40)36-25-38-37-24(47-25)18-11-14-22(39(42)43)20(31)15-18/h9-15,21,23H,16H2,1-8H3,(H,35,41)(H,36,38,40)/t21-,23+/m1/s1. The molecule has 0 fully saturated rings. The van der Waals surface area contributed by atoms with Gasteiger partial charge in [0.2, 0.25) is 10.9 Å². The third-order valence-electron chi connectivity index (χ3n) is 7.28. The summed E-state index contributed by atoms with van der Waals surface area (Å²) in [6.45, 7) is 14.2. The van der Waals surface area contributed by atoms with Crippen molar-refractivity contribution in [2.45, 2.75) is 83.6 Å². The molecule has 2 aromatic carbocycles. The van der Waals surface area contributed by atoms with Gasteiger partial charge in [0.15, 0.2) is 8.32 Å². The summed E-state index contributed by atoms with van der Waals surface area (Å²) in [5, 5.41) is 23.4. The Kier molecular flexibility index (Phi) is 11.6. The van der Waals surface area contributed by atoms with Crippen LogP contribution in [0.15, 0.2) is 42.5 Å². The van der Waals surface area contributed by atoms with Crippen LogP contribution < -0.4 is 10.6 Å². The molecule has 3 rings (SSSR count). The highest BCUT2D eigenvalue weighted by molar-refractivity contribution is 7.18. The number of nitrogens with zero attached hydrogens (tertiary/aromatic N) is 3. The minimum absolute atomic E-state index is 0.0535. The number of hydrogen-bond acceptors (Lipinski definition) is 10. The second kappa shape index (κ2) is 14.5. The second-order valence-corrected chi connectivity index (χ2v) is 19.0. The number of alkyl halides is 3. The highest BCUT2D eigenvalue weighted by Crippen LogP contribution is 2.41. The topological polar surface area (TPSA) is 155 Å². The van der Waals surface area contributed by atoms with Crippen LogP contribution in [-0.4, -0.2) is 53.9 Å². The Morgan fingerprint density at radius 3 is 2.15 bits per heavy atom. The van der Waals surface area contributed by atoms with Crippen molar-refractivity contribution in [1.29, 1.82) is 0 Å². The molecule has 2 N–H and O–H groups in total. The summed E-state index contributed by atoms with van der Waals surface area (Å²) in [4.78, 5) is 35.9. The lowest BCUT2D eigenvalue weighted by Crippen LogP contribution is -2.50. The van der Waals surface area contributed by atoms with Gasteiger partial charge in [0, 0.05) is 11.6 Å². The Hall–Kier alpha value is -4.16. The van der Waals surface area contributed by atoms with E-state index in [9.17, 15) is 37.3 Å². The molecular formula is C30H37F4N5O7SSi. The third-order valence-corrected chi connectivity index (χ3v) is 12.6. The van der Waals surface area contributed by atoms with Crippen LogP contribution in [0.3, 0.4) is 0 Å². The number of aromatic nitrogens is 2. The molecule has 2 amide bonds. The van der Waals surface area contributed by atoms with Crippen molar-refractivity contribution >= 4 is 42.7 Å². The van der Waals surface area contributed by atoms with E-state index in [2.05, 4.69) is 20.8 Å². The van der Waals surface area contributed by atoms with Gasteiger partial charge >= 0.3 is 24.1 Å². The van der Waals surface area contributed by atoms with Crippen molar-refractivity contribution in [2.75, 3.05) is 11.9 Å². The number of nitro benzene ring substituents is 1. The summed E-state index contributed by atoms with van der Waals surface area (Å²) in [6, 6.07) is 6.33. The van der Waals surface area contributed by atoms with Gasteiger partial charge in [-0.05, 0) is 68.7 Å². The lowest BCUT2D eigenvalue weighted by atomic mass is 10.0. The van der Waals surface area contributed by atoms with Crippen molar-refractivity contribution in [1.82, 2.24) is 15.5 Å². The molecule has 0 spiro atoms. The normalized spacial score (nSPS) is 13.8. The van der Waals surface area contributed by atoms with Gasteiger partial charge in [-0.1, -0.05) is 44.2 Å². The van der Waals surface area contributed by atoms with Crippen molar-refractivity contribution < 1.29 is 46.0 Å². The molecule has 0 aliphatic heterocycles. The summed E-state index contributed by atoms with van der Waals surface area (Å²) in [6.07, 6.45) is -7.56. The number of carbonyl (C=O) groups excluding carboxylic acids is 2. The van der Waals surface area contributed by atoms with Crippen LogP contribution in [0.1, 0.15) is 58.8 Å². The molecule has 48 heavy (non-hydrogen) atoms. The molecule has 2 atom stereocenters. The van der Waals surface area contributed by atoms with Gasteiger partial charge in [0.05, 0.1) is 22.6 Å². The fourth-order valence-electron chi connectivity index (χ4n) is 3.87.